The van der Waals surface area contributed by atoms with Crippen LogP contribution in [0.3, 0.4) is 0 Å². The van der Waals surface area contributed by atoms with E-state index >= 15 is 0 Å². The highest BCUT2D eigenvalue weighted by Gasteiger charge is 2.14. The molecular weight excluding hydrogens is 250 g/mol. The van der Waals surface area contributed by atoms with Crippen molar-refractivity contribution < 1.29 is 9.53 Å². The molecule has 0 unspecified atom stereocenters. The van der Waals surface area contributed by atoms with Gasteiger partial charge in [-0.2, -0.15) is 0 Å². The Balaban J connectivity index is 2.29. The van der Waals surface area contributed by atoms with Gasteiger partial charge in [0, 0.05) is 5.56 Å². The van der Waals surface area contributed by atoms with Crippen LogP contribution >= 0.6 is 11.3 Å². The normalized spacial score (nSPS) is 10.1. The van der Waals surface area contributed by atoms with Crippen LogP contribution in [-0.4, -0.2) is 17.7 Å². The number of carbonyl (C=O) groups is 1. The van der Waals surface area contributed by atoms with E-state index in [2.05, 4.69) is 10.3 Å². The minimum atomic E-state index is -0.502. The topological polar surface area (TPSA) is 77.2 Å². The van der Waals surface area contributed by atoms with Crippen molar-refractivity contribution in [3.63, 3.8) is 0 Å². The SMILES string of the molecule is CCOC(=O)Nc1sc(N)nc1-c1ccccc1. The molecule has 1 amide bonds. The molecule has 1 heterocycles. The van der Waals surface area contributed by atoms with Gasteiger partial charge in [0.25, 0.3) is 0 Å². The third kappa shape index (κ3) is 2.78. The number of anilines is 2. The quantitative estimate of drug-likeness (QED) is 0.892. The van der Waals surface area contributed by atoms with Crippen LogP contribution in [0.4, 0.5) is 14.9 Å². The van der Waals surface area contributed by atoms with Crippen LogP contribution in [0.1, 0.15) is 6.92 Å². The van der Waals surface area contributed by atoms with Crippen LogP contribution < -0.4 is 11.1 Å². The van der Waals surface area contributed by atoms with E-state index in [-0.39, 0.29) is 0 Å². The van der Waals surface area contributed by atoms with Crippen molar-refractivity contribution in [1.82, 2.24) is 4.98 Å². The van der Waals surface area contributed by atoms with Gasteiger partial charge < -0.3 is 10.5 Å². The van der Waals surface area contributed by atoms with Crippen molar-refractivity contribution in [1.29, 1.82) is 0 Å². The Bertz CT molecular complexity index is 540. The van der Waals surface area contributed by atoms with E-state index in [1.165, 1.54) is 11.3 Å². The van der Waals surface area contributed by atoms with Crippen LogP contribution in [-0.2, 0) is 4.74 Å². The molecule has 0 spiro atoms. The number of nitrogens with one attached hydrogen (secondary N) is 1. The smallest absolute Gasteiger partial charge is 0.412 e. The fraction of sp³-hybridized carbons (Fsp3) is 0.167. The summed E-state index contributed by atoms with van der Waals surface area (Å²) in [4.78, 5) is 15.6. The third-order valence-corrected chi connectivity index (χ3v) is 2.98. The van der Waals surface area contributed by atoms with Crippen LogP contribution in [0.15, 0.2) is 30.3 Å². The molecule has 0 radical (unpaired) electrons. The first kappa shape index (κ1) is 12.4. The molecular formula is C12H13N3O2S. The van der Waals surface area contributed by atoms with E-state index in [1.807, 2.05) is 30.3 Å². The van der Waals surface area contributed by atoms with E-state index in [0.29, 0.717) is 22.4 Å². The number of benzene rings is 1. The zero-order valence-electron chi connectivity index (χ0n) is 9.84. The molecule has 0 saturated heterocycles. The van der Waals surface area contributed by atoms with Crippen LogP contribution in [0.2, 0.25) is 0 Å². The van der Waals surface area contributed by atoms with Gasteiger partial charge in [0.15, 0.2) is 5.13 Å². The Morgan fingerprint density at radius 2 is 2.17 bits per heavy atom. The number of hydrogen-bond donors (Lipinski definition) is 2. The molecule has 6 heteroatoms. The lowest BCUT2D eigenvalue weighted by atomic mass is 10.2. The van der Waals surface area contributed by atoms with E-state index in [1.54, 1.807) is 6.92 Å². The number of ether oxygens (including phenoxy) is 1. The summed E-state index contributed by atoms with van der Waals surface area (Å²) in [5.74, 6) is 0. The summed E-state index contributed by atoms with van der Waals surface area (Å²) in [6.07, 6.45) is -0.502. The second-order valence-corrected chi connectivity index (χ2v) is 4.47. The van der Waals surface area contributed by atoms with E-state index in [0.717, 1.165) is 5.56 Å². The average Bonchev–Trinajstić information content (AvgIpc) is 2.71. The highest BCUT2D eigenvalue weighted by molar-refractivity contribution is 7.20. The zero-order valence-corrected chi connectivity index (χ0v) is 10.7. The number of carbonyl (C=O) groups excluding carboxylic acids is 1. The van der Waals surface area contributed by atoms with E-state index in [9.17, 15) is 4.79 Å². The van der Waals surface area contributed by atoms with Crippen molar-refractivity contribution in [3.8, 4) is 11.3 Å². The van der Waals surface area contributed by atoms with Gasteiger partial charge in [0.1, 0.15) is 10.7 Å². The number of amides is 1. The molecule has 94 valence electrons. The molecule has 2 aromatic rings. The van der Waals surface area contributed by atoms with Crippen molar-refractivity contribution >= 4 is 27.6 Å². The molecule has 0 bridgehead atoms. The molecule has 1 aromatic carbocycles. The molecule has 5 nitrogen and oxygen atoms in total. The first-order valence-electron chi connectivity index (χ1n) is 5.46. The summed E-state index contributed by atoms with van der Waals surface area (Å²) in [5, 5.41) is 3.64. The third-order valence-electron chi connectivity index (χ3n) is 2.18. The number of nitrogens with zero attached hydrogens (tertiary/aromatic N) is 1. The van der Waals surface area contributed by atoms with Crippen molar-refractivity contribution in [2.75, 3.05) is 17.7 Å². The average molecular weight is 263 g/mol. The molecule has 3 N–H and O–H groups in total. The number of rotatable bonds is 3. The standard InChI is InChI=1S/C12H13N3O2S/c1-2-17-12(16)15-10-9(14-11(13)18-10)8-6-4-3-5-7-8/h3-7H,2H2,1H3,(H2,13,14)(H,15,16). The Morgan fingerprint density at radius 3 is 2.83 bits per heavy atom. The summed E-state index contributed by atoms with van der Waals surface area (Å²) in [6, 6.07) is 9.53. The predicted octanol–water partition coefficient (Wildman–Crippen LogP) is 2.96. The second-order valence-electron chi connectivity index (χ2n) is 3.44. The van der Waals surface area contributed by atoms with Gasteiger partial charge in [-0.1, -0.05) is 41.7 Å². The lowest BCUT2D eigenvalue weighted by molar-refractivity contribution is 0.168. The number of nitrogens with two attached hydrogens (primary N) is 1. The molecule has 0 aliphatic rings. The van der Waals surface area contributed by atoms with Gasteiger partial charge >= 0.3 is 6.09 Å². The largest absolute Gasteiger partial charge is 0.450 e. The first-order valence-corrected chi connectivity index (χ1v) is 6.28. The van der Waals surface area contributed by atoms with Gasteiger partial charge in [-0.15, -0.1) is 0 Å². The summed E-state index contributed by atoms with van der Waals surface area (Å²) in [7, 11) is 0. The highest BCUT2D eigenvalue weighted by atomic mass is 32.1. The molecule has 18 heavy (non-hydrogen) atoms. The van der Waals surface area contributed by atoms with Crippen LogP contribution in [0.25, 0.3) is 11.3 Å². The Hall–Kier alpha value is -2.08. The maximum Gasteiger partial charge on any atom is 0.412 e. The lowest BCUT2D eigenvalue weighted by Gasteiger charge is -2.04. The highest BCUT2D eigenvalue weighted by Crippen LogP contribution is 2.34. The van der Waals surface area contributed by atoms with Crippen molar-refractivity contribution in [3.05, 3.63) is 30.3 Å². The molecule has 0 aliphatic carbocycles. The Kier molecular flexibility index (Phi) is 3.78. The van der Waals surface area contributed by atoms with Gasteiger partial charge in [-0.25, -0.2) is 9.78 Å². The molecule has 0 aliphatic heterocycles. The van der Waals surface area contributed by atoms with E-state index < -0.39 is 6.09 Å². The van der Waals surface area contributed by atoms with Crippen molar-refractivity contribution in [2.45, 2.75) is 6.92 Å². The summed E-state index contributed by atoms with van der Waals surface area (Å²) in [5.41, 5.74) is 7.24. The Morgan fingerprint density at radius 1 is 1.44 bits per heavy atom. The van der Waals surface area contributed by atoms with Gasteiger partial charge in [0.2, 0.25) is 0 Å². The van der Waals surface area contributed by atoms with Gasteiger partial charge in [0.05, 0.1) is 6.61 Å². The minimum Gasteiger partial charge on any atom is -0.450 e. The molecule has 2 rings (SSSR count). The first-order chi connectivity index (χ1) is 8.70. The molecule has 0 atom stereocenters. The molecule has 0 fully saturated rings. The fourth-order valence-corrected chi connectivity index (χ4v) is 2.21. The van der Waals surface area contributed by atoms with Gasteiger partial charge in [-0.05, 0) is 6.92 Å². The number of hydrogen-bond acceptors (Lipinski definition) is 5. The zero-order chi connectivity index (χ0) is 13.0. The number of thiazole rings is 1. The number of nitrogen functional groups attached to an aromatic ring is 1. The van der Waals surface area contributed by atoms with Crippen LogP contribution in [0, 0.1) is 0 Å². The summed E-state index contributed by atoms with van der Waals surface area (Å²) in [6.45, 7) is 2.07. The monoisotopic (exact) mass is 263 g/mol. The maximum atomic E-state index is 11.4. The van der Waals surface area contributed by atoms with E-state index in [4.69, 9.17) is 10.5 Å². The fourth-order valence-electron chi connectivity index (χ4n) is 1.47. The second kappa shape index (κ2) is 5.50. The molecule has 0 saturated carbocycles. The minimum absolute atomic E-state index is 0.320. The summed E-state index contributed by atoms with van der Waals surface area (Å²) < 4.78 is 4.83. The van der Waals surface area contributed by atoms with Gasteiger partial charge in [-0.3, -0.25) is 5.32 Å². The summed E-state index contributed by atoms with van der Waals surface area (Å²) >= 11 is 1.22. The lowest BCUT2D eigenvalue weighted by Crippen LogP contribution is -2.12. The Labute approximate surface area is 109 Å². The predicted molar refractivity (Wildman–Crippen MR) is 72.6 cm³/mol. The maximum absolute atomic E-state index is 11.4. The van der Waals surface area contributed by atoms with Crippen molar-refractivity contribution in [2.24, 2.45) is 0 Å². The van der Waals surface area contributed by atoms with Crippen LogP contribution in [0.5, 0.6) is 0 Å². The molecule has 1 aromatic heterocycles. The number of aromatic nitrogens is 1.